The molecule has 1 unspecified atom stereocenters. The highest BCUT2D eigenvalue weighted by molar-refractivity contribution is 7.99. The number of rotatable bonds is 4. The summed E-state index contributed by atoms with van der Waals surface area (Å²) < 4.78 is 0. The molecule has 0 spiro atoms. The molecule has 1 fully saturated rings. The van der Waals surface area contributed by atoms with Crippen LogP contribution in [0.25, 0.3) is 0 Å². The molecule has 1 aromatic rings. The Morgan fingerprint density at radius 1 is 1.69 bits per heavy atom. The van der Waals surface area contributed by atoms with Gasteiger partial charge in [0.1, 0.15) is 10.8 Å². The van der Waals surface area contributed by atoms with Crippen LogP contribution in [0.2, 0.25) is 0 Å². The van der Waals surface area contributed by atoms with E-state index in [0.717, 1.165) is 23.8 Å². The normalized spacial score (nSPS) is 19.6. The van der Waals surface area contributed by atoms with Crippen LogP contribution in [0.4, 0.5) is 5.82 Å². The minimum Gasteiger partial charge on any atom is -0.389 e. The zero-order chi connectivity index (χ0) is 11.4. The summed E-state index contributed by atoms with van der Waals surface area (Å²) in [6, 6.07) is 3.74. The summed E-state index contributed by atoms with van der Waals surface area (Å²) in [5.74, 6) is 4.16. The summed E-state index contributed by atoms with van der Waals surface area (Å²) in [5.41, 5.74) is 6.44. The SMILES string of the molecule is NC(=S)c1ccnc(NCC2CCSC2)c1. The number of anilines is 1. The highest BCUT2D eigenvalue weighted by Crippen LogP contribution is 2.23. The number of nitrogens with two attached hydrogens (primary N) is 1. The van der Waals surface area contributed by atoms with Crippen molar-refractivity contribution >= 4 is 34.8 Å². The van der Waals surface area contributed by atoms with E-state index in [1.807, 2.05) is 23.9 Å². The van der Waals surface area contributed by atoms with E-state index in [9.17, 15) is 0 Å². The van der Waals surface area contributed by atoms with Crippen molar-refractivity contribution in [2.24, 2.45) is 11.7 Å². The second-order valence-corrected chi connectivity index (χ2v) is 5.49. The molecule has 1 aliphatic heterocycles. The lowest BCUT2D eigenvalue weighted by atomic mass is 10.1. The van der Waals surface area contributed by atoms with Gasteiger partial charge in [-0.1, -0.05) is 12.2 Å². The summed E-state index contributed by atoms with van der Waals surface area (Å²) in [5, 5.41) is 3.34. The summed E-state index contributed by atoms with van der Waals surface area (Å²) in [7, 11) is 0. The smallest absolute Gasteiger partial charge is 0.126 e. The Morgan fingerprint density at radius 3 is 3.25 bits per heavy atom. The third kappa shape index (κ3) is 3.09. The first kappa shape index (κ1) is 11.7. The van der Waals surface area contributed by atoms with E-state index in [-0.39, 0.29) is 0 Å². The Kier molecular flexibility index (Phi) is 4.01. The molecule has 3 nitrogen and oxygen atoms in total. The van der Waals surface area contributed by atoms with Gasteiger partial charge >= 0.3 is 0 Å². The van der Waals surface area contributed by atoms with E-state index < -0.39 is 0 Å². The number of hydrogen-bond donors (Lipinski definition) is 2. The van der Waals surface area contributed by atoms with E-state index in [4.69, 9.17) is 18.0 Å². The largest absolute Gasteiger partial charge is 0.389 e. The lowest BCUT2D eigenvalue weighted by Crippen LogP contribution is -2.15. The number of hydrogen-bond acceptors (Lipinski definition) is 4. The van der Waals surface area contributed by atoms with Crippen molar-refractivity contribution in [1.82, 2.24) is 4.98 Å². The molecule has 0 radical (unpaired) electrons. The van der Waals surface area contributed by atoms with Crippen LogP contribution in [0.1, 0.15) is 12.0 Å². The average molecular weight is 253 g/mol. The van der Waals surface area contributed by atoms with E-state index in [0.29, 0.717) is 4.99 Å². The molecular formula is C11H15N3S2. The van der Waals surface area contributed by atoms with Gasteiger partial charge in [0.05, 0.1) is 0 Å². The molecule has 0 saturated carbocycles. The Labute approximate surface area is 105 Å². The topological polar surface area (TPSA) is 50.9 Å². The third-order valence-electron chi connectivity index (χ3n) is 2.64. The summed E-state index contributed by atoms with van der Waals surface area (Å²) in [6.45, 7) is 0.987. The van der Waals surface area contributed by atoms with Gasteiger partial charge < -0.3 is 11.1 Å². The van der Waals surface area contributed by atoms with Crippen molar-refractivity contribution in [2.75, 3.05) is 23.4 Å². The van der Waals surface area contributed by atoms with Crippen LogP contribution < -0.4 is 11.1 Å². The molecule has 2 heterocycles. The first-order valence-electron chi connectivity index (χ1n) is 5.33. The van der Waals surface area contributed by atoms with Gasteiger partial charge in [0.2, 0.25) is 0 Å². The molecule has 86 valence electrons. The minimum atomic E-state index is 0.418. The van der Waals surface area contributed by atoms with Crippen molar-refractivity contribution in [3.05, 3.63) is 23.9 Å². The second-order valence-electron chi connectivity index (χ2n) is 3.90. The van der Waals surface area contributed by atoms with Crippen molar-refractivity contribution in [3.8, 4) is 0 Å². The van der Waals surface area contributed by atoms with Crippen LogP contribution in [0.15, 0.2) is 18.3 Å². The monoisotopic (exact) mass is 253 g/mol. The summed E-state index contributed by atoms with van der Waals surface area (Å²) in [4.78, 5) is 4.67. The van der Waals surface area contributed by atoms with Crippen molar-refractivity contribution < 1.29 is 0 Å². The molecule has 16 heavy (non-hydrogen) atoms. The van der Waals surface area contributed by atoms with E-state index in [1.165, 1.54) is 17.9 Å². The van der Waals surface area contributed by atoms with Crippen molar-refractivity contribution in [3.63, 3.8) is 0 Å². The second kappa shape index (κ2) is 5.50. The van der Waals surface area contributed by atoms with Gasteiger partial charge in [-0.2, -0.15) is 11.8 Å². The molecule has 1 aromatic heterocycles. The first-order valence-corrected chi connectivity index (χ1v) is 6.89. The van der Waals surface area contributed by atoms with Crippen LogP contribution in [-0.4, -0.2) is 28.0 Å². The van der Waals surface area contributed by atoms with Crippen molar-refractivity contribution in [2.45, 2.75) is 6.42 Å². The van der Waals surface area contributed by atoms with Crippen LogP contribution >= 0.6 is 24.0 Å². The summed E-state index contributed by atoms with van der Waals surface area (Å²) in [6.07, 6.45) is 3.03. The number of pyridine rings is 1. The lowest BCUT2D eigenvalue weighted by Gasteiger charge is -2.10. The molecule has 0 amide bonds. The van der Waals surface area contributed by atoms with E-state index >= 15 is 0 Å². The molecule has 2 rings (SSSR count). The van der Waals surface area contributed by atoms with Gasteiger partial charge in [0.15, 0.2) is 0 Å². The van der Waals surface area contributed by atoms with Crippen LogP contribution in [0.5, 0.6) is 0 Å². The van der Waals surface area contributed by atoms with Crippen LogP contribution in [0.3, 0.4) is 0 Å². The lowest BCUT2D eigenvalue weighted by molar-refractivity contribution is 0.630. The third-order valence-corrected chi connectivity index (χ3v) is 4.11. The highest BCUT2D eigenvalue weighted by atomic mass is 32.2. The predicted octanol–water partition coefficient (Wildman–Crippen LogP) is 1.88. The van der Waals surface area contributed by atoms with Gasteiger partial charge in [-0.25, -0.2) is 4.98 Å². The molecule has 5 heteroatoms. The fraction of sp³-hybridized carbons (Fsp3) is 0.455. The number of thioether (sulfide) groups is 1. The fourth-order valence-electron chi connectivity index (χ4n) is 1.67. The van der Waals surface area contributed by atoms with Crippen molar-refractivity contribution in [1.29, 1.82) is 0 Å². The Bertz CT molecular complexity index is 375. The minimum absolute atomic E-state index is 0.418. The predicted molar refractivity (Wildman–Crippen MR) is 74.0 cm³/mol. The zero-order valence-corrected chi connectivity index (χ0v) is 10.6. The fourth-order valence-corrected chi connectivity index (χ4v) is 3.09. The molecule has 0 bridgehead atoms. The molecule has 1 aliphatic rings. The highest BCUT2D eigenvalue weighted by Gasteiger charge is 2.14. The average Bonchev–Trinajstić information content (AvgIpc) is 2.79. The maximum Gasteiger partial charge on any atom is 0.126 e. The van der Waals surface area contributed by atoms with Gasteiger partial charge in [-0.05, 0) is 36.0 Å². The number of nitrogens with zero attached hydrogens (tertiary/aromatic N) is 1. The van der Waals surface area contributed by atoms with Crippen LogP contribution in [-0.2, 0) is 0 Å². The summed E-state index contributed by atoms with van der Waals surface area (Å²) >= 11 is 6.96. The Morgan fingerprint density at radius 2 is 2.56 bits per heavy atom. The molecule has 3 N–H and O–H groups in total. The zero-order valence-electron chi connectivity index (χ0n) is 8.98. The maximum atomic E-state index is 5.57. The Balaban J connectivity index is 1.93. The van der Waals surface area contributed by atoms with Crippen LogP contribution in [0, 0.1) is 5.92 Å². The molecule has 1 atom stereocenters. The molecule has 1 saturated heterocycles. The number of thiocarbonyl (C=S) groups is 1. The molecule has 0 aromatic carbocycles. The standard InChI is InChI=1S/C11H15N3S2/c12-11(15)9-1-3-13-10(5-9)14-6-8-2-4-16-7-8/h1,3,5,8H,2,4,6-7H2,(H2,12,15)(H,13,14). The molecule has 0 aliphatic carbocycles. The van der Waals surface area contributed by atoms with E-state index in [2.05, 4.69) is 10.3 Å². The van der Waals surface area contributed by atoms with E-state index in [1.54, 1.807) is 6.20 Å². The van der Waals surface area contributed by atoms with Gasteiger partial charge in [-0.3, -0.25) is 0 Å². The Hall–Kier alpha value is -0.810. The maximum absolute atomic E-state index is 5.57. The van der Waals surface area contributed by atoms with Gasteiger partial charge in [0, 0.05) is 18.3 Å². The quantitative estimate of drug-likeness (QED) is 0.802. The van der Waals surface area contributed by atoms with Gasteiger partial charge in [0.25, 0.3) is 0 Å². The number of aromatic nitrogens is 1. The van der Waals surface area contributed by atoms with Gasteiger partial charge in [-0.15, -0.1) is 0 Å². The number of nitrogens with one attached hydrogen (secondary N) is 1. The first-order chi connectivity index (χ1) is 7.75. The molecular weight excluding hydrogens is 238 g/mol.